The highest BCUT2D eigenvalue weighted by molar-refractivity contribution is 6.36. The third-order valence-electron chi connectivity index (χ3n) is 5.02. The molecule has 0 radical (unpaired) electrons. The van der Waals surface area contributed by atoms with Gasteiger partial charge in [0.25, 0.3) is 0 Å². The van der Waals surface area contributed by atoms with Crippen LogP contribution < -0.4 is 0 Å². The molecule has 0 bridgehead atoms. The molecule has 0 spiro atoms. The largest absolute Gasteiger partial charge is 0.505 e. The van der Waals surface area contributed by atoms with Crippen LogP contribution in [0.3, 0.4) is 0 Å². The average molecular weight is 427 g/mol. The fourth-order valence-corrected chi connectivity index (χ4v) is 4.22. The van der Waals surface area contributed by atoms with Crippen LogP contribution in [0, 0.1) is 12.7 Å². The molecule has 1 N–H and O–H groups in total. The first kappa shape index (κ1) is 19.6. The summed E-state index contributed by atoms with van der Waals surface area (Å²) in [6, 6.07) is 14.4. The molecule has 3 nitrogen and oxygen atoms in total. The van der Waals surface area contributed by atoms with E-state index in [-0.39, 0.29) is 17.5 Å². The van der Waals surface area contributed by atoms with Crippen molar-refractivity contribution in [2.24, 2.45) is 0 Å². The summed E-state index contributed by atoms with van der Waals surface area (Å²) in [4.78, 5) is 8.54. The van der Waals surface area contributed by atoms with Crippen LogP contribution in [-0.2, 0) is 6.42 Å². The molecule has 0 aliphatic carbocycles. The van der Waals surface area contributed by atoms with Crippen LogP contribution in [0.15, 0.2) is 60.9 Å². The van der Waals surface area contributed by atoms with Crippen molar-refractivity contribution >= 4 is 34.1 Å². The number of benzene rings is 2. The van der Waals surface area contributed by atoms with Crippen LogP contribution in [0.5, 0.6) is 5.75 Å². The van der Waals surface area contributed by atoms with E-state index in [1.807, 2.05) is 24.3 Å². The summed E-state index contributed by atoms with van der Waals surface area (Å²) >= 11 is 13.0. The van der Waals surface area contributed by atoms with Gasteiger partial charge < -0.3 is 5.11 Å². The molecule has 1 unspecified atom stereocenters. The Bertz CT molecular complexity index is 1190. The Hall–Kier alpha value is -2.69. The van der Waals surface area contributed by atoms with Crippen molar-refractivity contribution in [3.05, 3.63) is 99.2 Å². The molecule has 2 aromatic carbocycles. The highest BCUT2D eigenvalue weighted by Crippen LogP contribution is 2.42. The molecular weight excluding hydrogens is 410 g/mol. The van der Waals surface area contributed by atoms with Crippen LogP contribution in [0.2, 0.25) is 10.0 Å². The summed E-state index contributed by atoms with van der Waals surface area (Å²) in [7, 11) is 0. The van der Waals surface area contributed by atoms with E-state index in [1.54, 1.807) is 37.4 Å². The van der Waals surface area contributed by atoms with E-state index < -0.39 is 0 Å². The molecule has 2 heterocycles. The summed E-state index contributed by atoms with van der Waals surface area (Å²) in [5.74, 6) is -0.679. The molecule has 0 saturated carbocycles. The highest BCUT2D eigenvalue weighted by atomic mass is 35.5. The third kappa shape index (κ3) is 3.78. The van der Waals surface area contributed by atoms with Gasteiger partial charge in [0.05, 0.1) is 6.20 Å². The lowest BCUT2D eigenvalue weighted by Gasteiger charge is -2.22. The molecule has 0 aliphatic rings. The monoisotopic (exact) mass is 426 g/mol. The zero-order valence-electron chi connectivity index (χ0n) is 15.5. The van der Waals surface area contributed by atoms with Crippen molar-refractivity contribution in [2.45, 2.75) is 19.3 Å². The first-order valence-electron chi connectivity index (χ1n) is 9.07. The van der Waals surface area contributed by atoms with Gasteiger partial charge in [-0.3, -0.25) is 9.97 Å². The topological polar surface area (TPSA) is 46.0 Å². The summed E-state index contributed by atoms with van der Waals surface area (Å²) in [6.45, 7) is 1.69. The van der Waals surface area contributed by atoms with Crippen LogP contribution in [-0.4, -0.2) is 15.1 Å². The number of aromatic hydroxyl groups is 1. The molecule has 29 heavy (non-hydrogen) atoms. The number of fused-ring (bicyclic) bond motifs is 1. The Balaban J connectivity index is 1.91. The Morgan fingerprint density at radius 1 is 1.03 bits per heavy atom. The second-order valence-corrected chi connectivity index (χ2v) is 7.71. The van der Waals surface area contributed by atoms with Gasteiger partial charge in [-0.2, -0.15) is 0 Å². The number of halogens is 3. The van der Waals surface area contributed by atoms with Crippen molar-refractivity contribution in [3.63, 3.8) is 0 Å². The highest BCUT2D eigenvalue weighted by Gasteiger charge is 2.25. The number of pyridine rings is 2. The number of hydrogen-bond acceptors (Lipinski definition) is 3. The maximum absolute atomic E-state index is 13.7. The Morgan fingerprint density at radius 3 is 2.52 bits per heavy atom. The smallest absolute Gasteiger partial charge is 0.145 e. The molecule has 0 aliphatic heterocycles. The minimum Gasteiger partial charge on any atom is -0.505 e. The van der Waals surface area contributed by atoms with E-state index in [9.17, 15) is 9.50 Å². The minimum atomic E-state index is -0.389. The van der Waals surface area contributed by atoms with Gasteiger partial charge in [-0.25, -0.2) is 4.39 Å². The van der Waals surface area contributed by atoms with Gasteiger partial charge in [0.1, 0.15) is 17.1 Å². The summed E-state index contributed by atoms with van der Waals surface area (Å²) in [6.07, 6.45) is 3.22. The quantitative estimate of drug-likeness (QED) is 0.406. The molecule has 146 valence electrons. The van der Waals surface area contributed by atoms with Crippen LogP contribution in [0.25, 0.3) is 10.9 Å². The van der Waals surface area contributed by atoms with E-state index >= 15 is 0 Å². The zero-order chi connectivity index (χ0) is 20.5. The third-order valence-corrected chi connectivity index (χ3v) is 5.68. The van der Waals surface area contributed by atoms with Crippen molar-refractivity contribution in [3.8, 4) is 5.75 Å². The average Bonchev–Trinajstić information content (AvgIpc) is 2.70. The van der Waals surface area contributed by atoms with E-state index in [4.69, 9.17) is 23.2 Å². The number of hydrogen-bond donors (Lipinski definition) is 1. The summed E-state index contributed by atoms with van der Waals surface area (Å²) < 4.78 is 13.7. The molecular formula is C23H17Cl2FN2O. The van der Waals surface area contributed by atoms with E-state index in [2.05, 4.69) is 9.97 Å². The van der Waals surface area contributed by atoms with Gasteiger partial charge in [0.15, 0.2) is 0 Å². The second-order valence-electron chi connectivity index (χ2n) is 6.90. The second kappa shape index (κ2) is 7.97. The number of rotatable bonds is 4. The predicted octanol–water partition coefficient (Wildman–Crippen LogP) is 6.46. The molecule has 4 rings (SSSR count). The van der Waals surface area contributed by atoms with Gasteiger partial charge in [0, 0.05) is 45.2 Å². The van der Waals surface area contributed by atoms with E-state index in [0.717, 1.165) is 5.39 Å². The lowest BCUT2D eigenvalue weighted by molar-refractivity contribution is 0.469. The van der Waals surface area contributed by atoms with Gasteiger partial charge >= 0.3 is 0 Å². The summed E-state index contributed by atoms with van der Waals surface area (Å²) in [5.41, 5.74) is 3.00. The molecule has 4 aromatic rings. The first-order chi connectivity index (χ1) is 14.0. The SMILES string of the molecule is Cc1cc(CC(c2ccc3cccnc3c2O)c2c(Cl)cccc2Cl)ncc1F. The number of nitrogens with zero attached hydrogens (tertiary/aromatic N) is 2. The van der Waals surface area contributed by atoms with Crippen LogP contribution >= 0.6 is 23.2 Å². The lowest BCUT2D eigenvalue weighted by Crippen LogP contribution is -2.09. The predicted molar refractivity (Wildman–Crippen MR) is 114 cm³/mol. The number of phenols is 1. The van der Waals surface area contributed by atoms with Crippen LogP contribution in [0.1, 0.15) is 28.3 Å². The molecule has 2 aromatic heterocycles. The van der Waals surface area contributed by atoms with Gasteiger partial charge in [-0.15, -0.1) is 0 Å². The fourth-order valence-electron chi connectivity index (χ4n) is 3.56. The first-order valence-corrected chi connectivity index (χ1v) is 9.83. The van der Waals surface area contributed by atoms with Crippen molar-refractivity contribution in [2.75, 3.05) is 0 Å². The number of aryl methyl sites for hydroxylation is 1. The molecule has 6 heteroatoms. The van der Waals surface area contributed by atoms with E-state index in [0.29, 0.717) is 44.4 Å². The standard InChI is InChI=1S/C23H17Cl2FN2O/c1-13-10-15(28-12-20(13)26)11-17(21-18(24)5-2-6-19(21)25)16-8-7-14-4-3-9-27-22(14)23(16)29/h2-10,12,17,29H,11H2,1H3. The maximum Gasteiger partial charge on any atom is 0.145 e. The normalized spacial score (nSPS) is 12.3. The zero-order valence-corrected chi connectivity index (χ0v) is 17.0. The Labute approximate surface area is 177 Å². The number of aromatic nitrogens is 2. The van der Waals surface area contributed by atoms with Crippen molar-refractivity contribution < 1.29 is 9.50 Å². The van der Waals surface area contributed by atoms with E-state index in [1.165, 1.54) is 6.20 Å². The van der Waals surface area contributed by atoms with Crippen molar-refractivity contribution in [1.82, 2.24) is 9.97 Å². The molecule has 0 saturated heterocycles. The Kier molecular flexibility index (Phi) is 5.39. The number of phenolic OH excluding ortho intramolecular Hbond substituents is 1. The van der Waals surface area contributed by atoms with Crippen LogP contribution in [0.4, 0.5) is 4.39 Å². The Morgan fingerprint density at radius 2 is 1.79 bits per heavy atom. The lowest BCUT2D eigenvalue weighted by atomic mass is 9.85. The molecule has 0 fully saturated rings. The summed E-state index contributed by atoms with van der Waals surface area (Å²) in [5, 5.41) is 12.8. The van der Waals surface area contributed by atoms with Crippen molar-refractivity contribution in [1.29, 1.82) is 0 Å². The van der Waals surface area contributed by atoms with Gasteiger partial charge in [0.2, 0.25) is 0 Å². The minimum absolute atomic E-state index is 0.0721. The molecule has 1 atom stereocenters. The fraction of sp³-hybridized carbons (Fsp3) is 0.130. The van der Waals surface area contributed by atoms with Gasteiger partial charge in [-0.1, -0.05) is 47.5 Å². The van der Waals surface area contributed by atoms with Gasteiger partial charge in [-0.05, 0) is 42.3 Å². The molecule has 0 amide bonds. The maximum atomic E-state index is 13.7.